The molecular formula is C25H20O3. The second kappa shape index (κ2) is 5.05. The van der Waals surface area contributed by atoms with E-state index in [1.807, 2.05) is 30.3 Å². The van der Waals surface area contributed by atoms with Crippen LogP contribution in [0.3, 0.4) is 0 Å². The summed E-state index contributed by atoms with van der Waals surface area (Å²) in [6.07, 6.45) is 0. The first-order chi connectivity index (χ1) is 13.7. The first-order valence-corrected chi connectivity index (χ1v) is 9.73. The highest BCUT2D eigenvalue weighted by Crippen LogP contribution is 2.79. The van der Waals surface area contributed by atoms with Gasteiger partial charge in [-0.3, -0.25) is 4.79 Å². The monoisotopic (exact) mass is 368 g/mol. The van der Waals surface area contributed by atoms with Crippen LogP contribution in [0.15, 0.2) is 72.8 Å². The molecule has 0 spiro atoms. The zero-order valence-electron chi connectivity index (χ0n) is 15.8. The average Bonchev–Trinajstić information content (AvgIpc) is 2.74. The van der Waals surface area contributed by atoms with Gasteiger partial charge in [0, 0.05) is 17.4 Å². The Labute approximate surface area is 163 Å². The van der Waals surface area contributed by atoms with Crippen LogP contribution in [0.25, 0.3) is 11.1 Å². The molecule has 0 unspecified atom stereocenters. The fourth-order valence-electron chi connectivity index (χ4n) is 6.18. The molecule has 3 heteroatoms. The van der Waals surface area contributed by atoms with Crippen LogP contribution in [0.5, 0.6) is 5.75 Å². The van der Waals surface area contributed by atoms with E-state index in [1.165, 1.54) is 5.56 Å². The zero-order chi connectivity index (χ0) is 19.1. The van der Waals surface area contributed by atoms with E-state index in [1.54, 1.807) is 7.11 Å². The highest BCUT2D eigenvalue weighted by molar-refractivity contribution is 6.02. The van der Waals surface area contributed by atoms with Crippen molar-refractivity contribution in [3.63, 3.8) is 0 Å². The molecule has 2 fully saturated rings. The van der Waals surface area contributed by atoms with Gasteiger partial charge in [0.2, 0.25) is 0 Å². The predicted octanol–water partition coefficient (Wildman–Crippen LogP) is 4.80. The van der Waals surface area contributed by atoms with Crippen molar-refractivity contribution in [1.82, 2.24) is 0 Å². The van der Waals surface area contributed by atoms with Crippen LogP contribution >= 0.6 is 0 Å². The lowest BCUT2D eigenvalue weighted by molar-refractivity contribution is -0.297. The normalized spacial score (nSPS) is 31.1. The van der Waals surface area contributed by atoms with Gasteiger partial charge >= 0.3 is 5.97 Å². The first kappa shape index (κ1) is 15.9. The molecule has 138 valence electrons. The molecule has 0 radical (unpaired) electrons. The molecule has 3 aliphatic rings. The molecule has 0 amide bonds. The Bertz CT molecular complexity index is 1130. The number of methoxy groups -OCH3 is 1. The van der Waals surface area contributed by atoms with Gasteiger partial charge in [0.1, 0.15) is 11.2 Å². The molecule has 0 bridgehead atoms. The van der Waals surface area contributed by atoms with Crippen molar-refractivity contribution >= 4 is 5.97 Å². The maximum Gasteiger partial charge on any atom is 0.322 e. The van der Waals surface area contributed by atoms with Crippen LogP contribution in [0.1, 0.15) is 29.5 Å². The zero-order valence-corrected chi connectivity index (χ0v) is 15.8. The maximum atomic E-state index is 13.2. The van der Waals surface area contributed by atoms with Crippen LogP contribution in [0, 0.1) is 5.92 Å². The van der Waals surface area contributed by atoms with E-state index >= 15 is 0 Å². The van der Waals surface area contributed by atoms with Gasteiger partial charge in [-0.15, -0.1) is 0 Å². The molecule has 1 saturated heterocycles. The lowest BCUT2D eigenvalue weighted by Crippen LogP contribution is -2.83. The summed E-state index contributed by atoms with van der Waals surface area (Å²) < 4.78 is 11.4. The van der Waals surface area contributed by atoms with Gasteiger partial charge in [0.25, 0.3) is 0 Å². The van der Waals surface area contributed by atoms with Crippen molar-refractivity contribution in [2.45, 2.75) is 23.9 Å². The van der Waals surface area contributed by atoms with Crippen molar-refractivity contribution in [1.29, 1.82) is 0 Å². The molecule has 0 N–H and O–H groups in total. The summed E-state index contributed by atoms with van der Waals surface area (Å²) in [5.41, 5.74) is 4.52. The third-order valence-electron chi connectivity index (χ3n) is 7.21. The molecule has 28 heavy (non-hydrogen) atoms. The van der Waals surface area contributed by atoms with Crippen molar-refractivity contribution in [3.05, 3.63) is 89.5 Å². The second-order valence-electron chi connectivity index (χ2n) is 8.06. The first-order valence-electron chi connectivity index (χ1n) is 9.73. The standard InChI is InChI=1S/C25H20O3/c1-15-22(16-11-13-17(27-2)14-12-16)24-20-9-5-3-7-18(20)19-8-4-6-10-21(19)25(15,24)28-23(24)26/h3-15,22H,1-2H3/t15-,22+,24-,25+/m1/s1. The van der Waals surface area contributed by atoms with Gasteiger partial charge in [0.15, 0.2) is 5.60 Å². The highest BCUT2D eigenvalue weighted by atomic mass is 16.6. The second-order valence-corrected chi connectivity index (χ2v) is 8.06. The van der Waals surface area contributed by atoms with Crippen LogP contribution < -0.4 is 4.74 Å². The number of hydrogen-bond donors (Lipinski definition) is 0. The summed E-state index contributed by atoms with van der Waals surface area (Å²) in [6, 6.07) is 24.8. The lowest BCUT2D eigenvalue weighted by atomic mass is 9.34. The van der Waals surface area contributed by atoms with E-state index < -0.39 is 11.0 Å². The Morgan fingerprint density at radius 2 is 1.46 bits per heavy atom. The number of benzene rings is 3. The number of hydrogen-bond acceptors (Lipinski definition) is 3. The molecule has 2 aliphatic carbocycles. The Morgan fingerprint density at radius 1 is 0.857 bits per heavy atom. The predicted molar refractivity (Wildman–Crippen MR) is 106 cm³/mol. The van der Waals surface area contributed by atoms with Gasteiger partial charge in [-0.2, -0.15) is 0 Å². The van der Waals surface area contributed by atoms with Crippen molar-refractivity contribution in [2.75, 3.05) is 7.11 Å². The van der Waals surface area contributed by atoms with Crippen LogP contribution in [0.4, 0.5) is 0 Å². The Balaban J connectivity index is 1.64. The molecule has 1 heterocycles. The number of fused-ring (bicyclic) bond motifs is 3. The van der Waals surface area contributed by atoms with Crippen LogP contribution in [0.2, 0.25) is 0 Å². The van der Waals surface area contributed by atoms with Gasteiger partial charge in [-0.05, 0) is 34.4 Å². The minimum atomic E-state index is -0.647. The number of carbonyl (C=O) groups excluding carboxylic acids is 1. The molecule has 3 aromatic rings. The number of carbonyl (C=O) groups is 1. The molecular weight excluding hydrogens is 348 g/mol. The fraction of sp³-hybridized carbons (Fsp3) is 0.240. The highest BCUT2D eigenvalue weighted by Gasteiger charge is 2.86. The largest absolute Gasteiger partial charge is 0.497 e. The summed E-state index contributed by atoms with van der Waals surface area (Å²) in [5, 5.41) is 0. The van der Waals surface area contributed by atoms with E-state index in [2.05, 4.69) is 49.4 Å². The molecule has 0 aromatic heterocycles. The summed E-state index contributed by atoms with van der Waals surface area (Å²) in [6.45, 7) is 2.21. The smallest absolute Gasteiger partial charge is 0.322 e. The molecule has 1 saturated carbocycles. The van der Waals surface area contributed by atoms with Gasteiger partial charge in [-0.25, -0.2) is 0 Å². The summed E-state index contributed by atoms with van der Waals surface area (Å²) in [5.74, 6) is 0.987. The molecule has 4 atom stereocenters. The van der Waals surface area contributed by atoms with Crippen molar-refractivity contribution in [3.8, 4) is 16.9 Å². The fourth-order valence-corrected chi connectivity index (χ4v) is 6.18. The van der Waals surface area contributed by atoms with Crippen LogP contribution in [-0.2, 0) is 20.5 Å². The third kappa shape index (κ3) is 1.46. The molecule has 3 nitrogen and oxygen atoms in total. The summed E-state index contributed by atoms with van der Waals surface area (Å²) in [4.78, 5) is 13.2. The minimum Gasteiger partial charge on any atom is -0.497 e. The quantitative estimate of drug-likeness (QED) is 0.610. The number of rotatable bonds is 2. The average molecular weight is 368 g/mol. The third-order valence-corrected chi connectivity index (χ3v) is 7.21. The van der Waals surface area contributed by atoms with E-state index in [-0.39, 0.29) is 17.8 Å². The number of ether oxygens (including phenoxy) is 2. The van der Waals surface area contributed by atoms with Gasteiger partial charge in [-0.1, -0.05) is 67.6 Å². The topological polar surface area (TPSA) is 35.5 Å². The Hall–Kier alpha value is -3.07. The van der Waals surface area contributed by atoms with Crippen molar-refractivity contribution in [2.24, 2.45) is 5.92 Å². The minimum absolute atomic E-state index is 0.0779. The summed E-state index contributed by atoms with van der Waals surface area (Å²) >= 11 is 0. The van der Waals surface area contributed by atoms with E-state index in [0.29, 0.717) is 0 Å². The Morgan fingerprint density at radius 3 is 2.11 bits per heavy atom. The SMILES string of the molecule is COc1ccc([C@@H]2[C@@H](C)[C@@]34OC(=O)[C@@]23c2ccccc2-c2ccccc24)cc1. The molecule has 3 aromatic carbocycles. The summed E-state index contributed by atoms with van der Waals surface area (Å²) in [7, 11) is 1.67. The van der Waals surface area contributed by atoms with Gasteiger partial charge in [0.05, 0.1) is 7.11 Å². The lowest BCUT2D eigenvalue weighted by Gasteiger charge is -2.74. The van der Waals surface area contributed by atoms with E-state index in [0.717, 1.165) is 28.0 Å². The van der Waals surface area contributed by atoms with Gasteiger partial charge < -0.3 is 9.47 Å². The van der Waals surface area contributed by atoms with Crippen LogP contribution in [-0.4, -0.2) is 13.1 Å². The van der Waals surface area contributed by atoms with Crippen molar-refractivity contribution < 1.29 is 14.3 Å². The Kier molecular flexibility index (Phi) is 2.87. The molecule has 6 rings (SSSR count). The maximum absolute atomic E-state index is 13.2. The molecule has 1 aliphatic heterocycles. The number of esters is 1. The van der Waals surface area contributed by atoms with E-state index in [4.69, 9.17) is 9.47 Å². The van der Waals surface area contributed by atoms with E-state index in [9.17, 15) is 4.79 Å².